The largest absolute Gasteiger partial charge is 0.407 e. The van der Waals surface area contributed by atoms with E-state index in [0.29, 0.717) is 24.4 Å². The zero-order chi connectivity index (χ0) is 12.8. The molecule has 1 saturated heterocycles. The highest BCUT2D eigenvalue weighted by atomic mass is 16.4. The highest BCUT2D eigenvalue weighted by Gasteiger charge is 2.25. The molecular weight excluding hydrogens is 232 g/mol. The Kier molecular flexibility index (Phi) is 4.95. The fraction of sp³-hybridized carbons (Fsp3) is 0.833. The molecule has 0 bridgehead atoms. The Morgan fingerprint density at radius 3 is 3.17 bits per heavy atom. The van der Waals surface area contributed by atoms with Gasteiger partial charge in [0.05, 0.1) is 6.54 Å². The molecule has 0 saturated carbocycles. The van der Waals surface area contributed by atoms with Crippen molar-refractivity contribution in [2.75, 3.05) is 31.1 Å². The molecule has 6 nitrogen and oxygen atoms in total. The fourth-order valence-corrected chi connectivity index (χ4v) is 2.24. The van der Waals surface area contributed by atoms with E-state index in [4.69, 9.17) is 9.52 Å². The summed E-state index contributed by atoms with van der Waals surface area (Å²) in [6.45, 7) is 5.82. The third-order valence-corrected chi connectivity index (χ3v) is 3.25. The number of anilines is 1. The predicted molar refractivity (Wildman–Crippen MR) is 68.3 cm³/mol. The van der Waals surface area contributed by atoms with E-state index in [2.05, 4.69) is 27.3 Å². The Labute approximate surface area is 107 Å². The fourth-order valence-electron chi connectivity index (χ4n) is 2.24. The lowest BCUT2D eigenvalue weighted by Gasteiger charge is -2.12. The summed E-state index contributed by atoms with van der Waals surface area (Å²) in [5.41, 5.74) is 0. The maximum atomic E-state index is 8.93. The molecule has 102 valence electrons. The summed E-state index contributed by atoms with van der Waals surface area (Å²) >= 11 is 0. The first-order valence-electron chi connectivity index (χ1n) is 6.72. The number of aliphatic hydroxyl groups excluding tert-OH is 1. The number of hydrogen-bond donors (Lipinski definition) is 2. The molecule has 1 aromatic heterocycles. The third kappa shape index (κ3) is 3.43. The Hall–Kier alpha value is -1.14. The molecule has 0 amide bonds. The van der Waals surface area contributed by atoms with Crippen LogP contribution in [0.5, 0.6) is 0 Å². The van der Waals surface area contributed by atoms with Gasteiger partial charge in [0, 0.05) is 19.7 Å². The Morgan fingerprint density at radius 1 is 1.50 bits per heavy atom. The van der Waals surface area contributed by atoms with Gasteiger partial charge in [0.15, 0.2) is 0 Å². The van der Waals surface area contributed by atoms with Crippen LogP contribution >= 0.6 is 0 Å². The molecule has 18 heavy (non-hydrogen) atoms. The average Bonchev–Trinajstić information content (AvgIpc) is 2.98. The summed E-state index contributed by atoms with van der Waals surface area (Å²) in [6.07, 6.45) is 3.04. The van der Waals surface area contributed by atoms with Crippen LogP contribution in [-0.2, 0) is 6.54 Å². The molecule has 0 aromatic carbocycles. The van der Waals surface area contributed by atoms with Crippen molar-refractivity contribution in [1.29, 1.82) is 0 Å². The van der Waals surface area contributed by atoms with Gasteiger partial charge in [-0.05, 0) is 31.7 Å². The van der Waals surface area contributed by atoms with E-state index < -0.39 is 0 Å². The number of aliphatic hydroxyl groups is 1. The molecule has 1 aromatic rings. The molecule has 2 N–H and O–H groups in total. The SMILES string of the molecule is CCCNCc1nnc(N2CCC(CCO)C2)o1. The lowest BCUT2D eigenvalue weighted by Crippen LogP contribution is -2.20. The lowest BCUT2D eigenvalue weighted by atomic mass is 10.1. The zero-order valence-corrected chi connectivity index (χ0v) is 10.9. The van der Waals surface area contributed by atoms with Gasteiger partial charge in [-0.3, -0.25) is 0 Å². The van der Waals surface area contributed by atoms with E-state index >= 15 is 0 Å². The maximum absolute atomic E-state index is 8.93. The minimum absolute atomic E-state index is 0.258. The van der Waals surface area contributed by atoms with Crippen LogP contribution in [0.25, 0.3) is 0 Å². The molecule has 1 aliphatic rings. The smallest absolute Gasteiger partial charge is 0.318 e. The van der Waals surface area contributed by atoms with Gasteiger partial charge in [-0.2, -0.15) is 0 Å². The van der Waals surface area contributed by atoms with Gasteiger partial charge in [0.25, 0.3) is 0 Å². The van der Waals surface area contributed by atoms with Crippen LogP contribution in [-0.4, -0.2) is 41.5 Å². The summed E-state index contributed by atoms with van der Waals surface area (Å²) < 4.78 is 5.62. The molecular formula is C12H22N4O2. The Bertz CT molecular complexity index is 356. The minimum Gasteiger partial charge on any atom is -0.407 e. The van der Waals surface area contributed by atoms with E-state index in [9.17, 15) is 0 Å². The average molecular weight is 254 g/mol. The summed E-state index contributed by atoms with van der Waals surface area (Å²) in [7, 11) is 0. The van der Waals surface area contributed by atoms with Crippen molar-refractivity contribution in [3.05, 3.63) is 5.89 Å². The van der Waals surface area contributed by atoms with Crippen molar-refractivity contribution in [3.8, 4) is 0 Å². The summed E-state index contributed by atoms with van der Waals surface area (Å²) in [6, 6.07) is 0.615. The Balaban J connectivity index is 1.83. The van der Waals surface area contributed by atoms with Crippen molar-refractivity contribution in [1.82, 2.24) is 15.5 Å². The number of rotatable bonds is 7. The molecule has 0 aliphatic carbocycles. The molecule has 2 heterocycles. The van der Waals surface area contributed by atoms with Gasteiger partial charge in [0.2, 0.25) is 5.89 Å². The molecule has 2 rings (SSSR count). The zero-order valence-electron chi connectivity index (χ0n) is 10.9. The van der Waals surface area contributed by atoms with Gasteiger partial charge in [-0.25, -0.2) is 0 Å². The van der Waals surface area contributed by atoms with Crippen molar-refractivity contribution in [3.63, 3.8) is 0 Å². The summed E-state index contributed by atoms with van der Waals surface area (Å²) in [5.74, 6) is 1.19. The Morgan fingerprint density at radius 2 is 2.39 bits per heavy atom. The van der Waals surface area contributed by atoms with Crippen LogP contribution in [0.1, 0.15) is 32.1 Å². The highest BCUT2D eigenvalue weighted by Crippen LogP contribution is 2.24. The van der Waals surface area contributed by atoms with Gasteiger partial charge in [-0.1, -0.05) is 12.0 Å². The number of nitrogens with one attached hydrogen (secondary N) is 1. The molecule has 0 radical (unpaired) electrons. The standard InChI is InChI=1S/C12H22N4O2/c1-2-5-13-8-11-14-15-12(18-11)16-6-3-10(9-16)4-7-17/h10,13,17H,2-9H2,1H3. The van der Waals surface area contributed by atoms with Gasteiger partial charge < -0.3 is 19.7 Å². The van der Waals surface area contributed by atoms with E-state index in [1.165, 1.54) is 0 Å². The van der Waals surface area contributed by atoms with Gasteiger partial charge in [0.1, 0.15) is 0 Å². The number of nitrogens with zero attached hydrogens (tertiary/aromatic N) is 3. The van der Waals surface area contributed by atoms with Crippen molar-refractivity contribution in [2.24, 2.45) is 5.92 Å². The quantitative estimate of drug-likeness (QED) is 0.700. The molecule has 6 heteroatoms. The van der Waals surface area contributed by atoms with Crippen LogP contribution in [0, 0.1) is 5.92 Å². The first-order chi connectivity index (χ1) is 8.83. The van der Waals surface area contributed by atoms with E-state index in [-0.39, 0.29) is 6.61 Å². The molecule has 0 spiro atoms. The highest BCUT2D eigenvalue weighted by molar-refractivity contribution is 5.26. The van der Waals surface area contributed by atoms with E-state index in [1.807, 2.05) is 0 Å². The topological polar surface area (TPSA) is 74.4 Å². The van der Waals surface area contributed by atoms with Crippen LogP contribution in [0.4, 0.5) is 6.01 Å². The van der Waals surface area contributed by atoms with Crippen molar-refractivity contribution < 1.29 is 9.52 Å². The second-order valence-corrected chi connectivity index (χ2v) is 4.77. The van der Waals surface area contributed by atoms with Crippen LogP contribution in [0.2, 0.25) is 0 Å². The second kappa shape index (κ2) is 6.70. The lowest BCUT2D eigenvalue weighted by molar-refractivity contribution is 0.263. The first kappa shape index (κ1) is 13.3. The van der Waals surface area contributed by atoms with Crippen LogP contribution < -0.4 is 10.2 Å². The number of hydrogen-bond acceptors (Lipinski definition) is 6. The van der Waals surface area contributed by atoms with Gasteiger partial charge in [-0.15, -0.1) is 5.10 Å². The molecule has 1 unspecified atom stereocenters. The predicted octanol–water partition coefficient (Wildman–Crippen LogP) is 0.778. The monoisotopic (exact) mass is 254 g/mol. The molecule has 1 fully saturated rings. The van der Waals surface area contributed by atoms with Crippen molar-refractivity contribution in [2.45, 2.75) is 32.7 Å². The van der Waals surface area contributed by atoms with Crippen LogP contribution in [0.3, 0.4) is 0 Å². The molecule has 1 aliphatic heterocycles. The summed E-state index contributed by atoms with van der Waals surface area (Å²) in [5, 5.41) is 20.3. The summed E-state index contributed by atoms with van der Waals surface area (Å²) in [4.78, 5) is 2.11. The van der Waals surface area contributed by atoms with Crippen LogP contribution in [0.15, 0.2) is 4.42 Å². The van der Waals surface area contributed by atoms with E-state index in [1.54, 1.807) is 0 Å². The first-order valence-corrected chi connectivity index (χ1v) is 6.72. The molecule has 1 atom stereocenters. The second-order valence-electron chi connectivity index (χ2n) is 4.77. The van der Waals surface area contributed by atoms with E-state index in [0.717, 1.165) is 38.9 Å². The third-order valence-electron chi connectivity index (χ3n) is 3.25. The normalized spacial score (nSPS) is 19.7. The van der Waals surface area contributed by atoms with Gasteiger partial charge >= 0.3 is 6.01 Å². The van der Waals surface area contributed by atoms with Crippen molar-refractivity contribution >= 4 is 6.01 Å². The minimum atomic E-state index is 0.258. The number of aromatic nitrogens is 2. The maximum Gasteiger partial charge on any atom is 0.318 e.